The number of carbonyl (C=O) groups excluding carboxylic acids is 2. The highest BCUT2D eigenvalue weighted by Crippen LogP contribution is 2.13. The monoisotopic (exact) mass is 427 g/mol. The molecule has 1 aromatic carbocycles. The Morgan fingerprint density at radius 3 is 2.20 bits per heavy atom. The molecule has 0 saturated carbocycles. The number of alkyl halides is 3. The van der Waals surface area contributed by atoms with E-state index in [1.807, 2.05) is 0 Å². The minimum atomic E-state index is -5.08. The molecule has 7 N–H and O–H groups in total. The summed E-state index contributed by atoms with van der Waals surface area (Å²) in [6.07, 6.45) is -3.44. The van der Waals surface area contributed by atoms with E-state index in [4.69, 9.17) is 21.0 Å². The van der Waals surface area contributed by atoms with E-state index in [2.05, 4.69) is 15.6 Å². The molecule has 0 saturated heterocycles. The van der Waals surface area contributed by atoms with Gasteiger partial charge in [0.2, 0.25) is 5.91 Å². The SMILES string of the molecule is CC(NC(=O)c1ccc[nH]1)C(=O)NCc1ccc(C(=N)N)cc1.O=C(O)C(F)(F)F. The van der Waals surface area contributed by atoms with Crippen molar-refractivity contribution in [3.05, 3.63) is 59.4 Å². The molecule has 0 fully saturated rings. The summed E-state index contributed by atoms with van der Waals surface area (Å²) in [7, 11) is 0. The first kappa shape index (κ1) is 24.2. The van der Waals surface area contributed by atoms with Gasteiger partial charge in [-0.25, -0.2) is 4.79 Å². The van der Waals surface area contributed by atoms with Gasteiger partial charge in [0.1, 0.15) is 17.6 Å². The van der Waals surface area contributed by atoms with Gasteiger partial charge >= 0.3 is 12.1 Å². The van der Waals surface area contributed by atoms with Gasteiger partial charge in [0, 0.05) is 18.3 Å². The summed E-state index contributed by atoms with van der Waals surface area (Å²) in [5.41, 5.74) is 7.30. The van der Waals surface area contributed by atoms with Gasteiger partial charge in [-0.15, -0.1) is 0 Å². The molecule has 1 unspecified atom stereocenters. The summed E-state index contributed by atoms with van der Waals surface area (Å²) in [5, 5.41) is 19.8. The lowest BCUT2D eigenvalue weighted by Gasteiger charge is -2.14. The van der Waals surface area contributed by atoms with Gasteiger partial charge in [-0.3, -0.25) is 15.0 Å². The van der Waals surface area contributed by atoms with Gasteiger partial charge in [-0.1, -0.05) is 24.3 Å². The lowest BCUT2D eigenvalue weighted by molar-refractivity contribution is -0.192. The number of aromatic amines is 1. The fourth-order valence-electron chi connectivity index (χ4n) is 1.96. The number of hydrogen-bond donors (Lipinski definition) is 6. The van der Waals surface area contributed by atoms with Crippen LogP contribution < -0.4 is 16.4 Å². The van der Waals surface area contributed by atoms with Crippen LogP contribution in [0.5, 0.6) is 0 Å². The van der Waals surface area contributed by atoms with E-state index in [1.54, 1.807) is 49.5 Å². The largest absolute Gasteiger partial charge is 0.490 e. The van der Waals surface area contributed by atoms with Crippen molar-refractivity contribution >= 4 is 23.6 Å². The number of nitrogens with one attached hydrogen (secondary N) is 4. The minimum absolute atomic E-state index is 0.00115. The molecule has 0 aliphatic carbocycles. The zero-order valence-electron chi connectivity index (χ0n) is 15.7. The Labute approximate surface area is 169 Å². The van der Waals surface area contributed by atoms with E-state index in [0.717, 1.165) is 5.56 Å². The van der Waals surface area contributed by atoms with Gasteiger partial charge in [0.15, 0.2) is 0 Å². The molecule has 30 heavy (non-hydrogen) atoms. The normalized spacial score (nSPS) is 11.5. The topological polar surface area (TPSA) is 161 Å². The van der Waals surface area contributed by atoms with Crippen LogP contribution in [-0.4, -0.2) is 45.9 Å². The Morgan fingerprint density at radius 1 is 1.20 bits per heavy atom. The standard InChI is InChI=1S/C16H19N5O2.C2HF3O2/c1-10(21-16(23)13-3-2-8-19-13)15(22)20-9-11-4-6-12(7-5-11)14(17)18;3-2(4,5)1(6)7/h2-8,10,19H,9H2,1H3,(H3,17,18)(H,20,22)(H,21,23);(H,6,7). The second-order valence-corrected chi connectivity index (χ2v) is 5.91. The molecule has 1 aromatic heterocycles. The highest BCUT2D eigenvalue weighted by Gasteiger charge is 2.38. The Bertz CT molecular complexity index is 880. The third-order valence-electron chi connectivity index (χ3n) is 3.56. The summed E-state index contributed by atoms with van der Waals surface area (Å²) in [4.78, 5) is 35.5. The van der Waals surface area contributed by atoms with Crippen molar-refractivity contribution in [2.24, 2.45) is 5.73 Å². The van der Waals surface area contributed by atoms with Crippen molar-refractivity contribution in [2.75, 3.05) is 0 Å². The minimum Gasteiger partial charge on any atom is -0.475 e. The molecule has 2 aromatic rings. The van der Waals surface area contributed by atoms with Gasteiger partial charge < -0.3 is 26.5 Å². The molecule has 0 aliphatic rings. The number of rotatable bonds is 6. The molecular weight excluding hydrogens is 407 g/mol. The molecule has 12 heteroatoms. The number of amidine groups is 1. The number of aliphatic carboxylic acids is 1. The zero-order valence-corrected chi connectivity index (χ0v) is 15.7. The highest BCUT2D eigenvalue weighted by atomic mass is 19.4. The predicted molar refractivity (Wildman–Crippen MR) is 101 cm³/mol. The van der Waals surface area contributed by atoms with Crippen molar-refractivity contribution < 1.29 is 32.7 Å². The maximum Gasteiger partial charge on any atom is 0.490 e. The van der Waals surface area contributed by atoms with Gasteiger partial charge in [0.05, 0.1) is 0 Å². The van der Waals surface area contributed by atoms with Crippen LogP contribution in [0.2, 0.25) is 0 Å². The lowest BCUT2D eigenvalue weighted by atomic mass is 10.1. The van der Waals surface area contributed by atoms with Crippen LogP contribution in [0.1, 0.15) is 28.5 Å². The van der Waals surface area contributed by atoms with Crippen LogP contribution in [0, 0.1) is 5.41 Å². The average Bonchev–Trinajstić information content (AvgIpc) is 3.21. The molecule has 2 amide bonds. The number of carboxylic acid groups (broad SMARTS) is 1. The Hall–Kier alpha value is -3.83. The van der Waals surface area contributed by atoms with Gasteiger partial charge in [0.25, 0.3) is 5.91 Å². The smallest absolute Gasteiger partial charge is 0.475 e. The van der Waals surface area contributed by atoms with E-state index in [1.165, 1.54) is 0 Å². The Balaban J connectivity index is 0.000000553. The first-order chi connectivity index (χ1) is 13.9. The molecule has 0 aliphatic heterocycles. The van der Waals surface area contributed by atoms with Crippen LogP contribution >= 0.6 is 0 Å². The third kappa shape index (κ3) is 8.04. The summed E-state index contributed by atoms with van der Waals surface area (Å²) in [6.45, 7) is 1.95. The number of nitrogen functional groups attached to an aromatic ring is 1. The predicted octanol–water partition coefficient (Wildman–Crippen LogP) is 1.37. The molecule has 162 valence electrons. The first-order valence-electron chi connectivity index (χ1n) is 8.37. The van der Waals surface area contributed by atoms with Crippen LogP contribution in [0.3, 0.4) is 0 Å². The first-order valence-corrected chi connectivity index (χ1v) is 8.37. The molecule has 0 bridgehead atoms. The van der Waals surface area contributed by atoms with Crippen LogP contribution in [0.15, 0.2) is 42.6 Å². The highest BCUT2D eigenvalue weighted by molar-refractivity contribution is 5.96. The number of nitrogens with two attached hydrogens (primary N) is 1. The van der Waals surface area contributed by atoms with Crippen molar-refractivity contribution in [3.8, 4) is 0 Å². The molecular formula is C18H20F3N5O4. The summed E-state index contributed by atoms with van der Waals surface area (Å²) in [6, 6.07) is 9.72. The lowest BCUT2D eigenvalue weighted by Crippen LogP contribution is -2.44. The molecule has 1 heterocycles. The zero-order chi connectivity index (χ0) is 22.9. The van der Waals surface area contributed by atoms with E-state index in [-0.39, 0.29) is 17.6 Å². The maximum atomic E-state index is 12.0. The van der Waals surface area contributed by atoms with Crippen molar-refractivity contribution in [1.82, 2.24) is 15.6 Å². The number of aromatic nitrogens is 1. The van der Waals surface area contributed by atoms with Crippen molar-refractivity contribution in [2.45, 2.75) is 25.7 Å². The van der Waals surface area contributed by atoms with Gasteiger partial charge in [-0.2, -0.15) is 13.2 Å². The second kappa shape index (κ2) is 10.6. The van der Waals surface area contributed by atoms with E-state index in [9.17, 15) is 22.8 Å². The van der Waals surface area contributed by atoms with Crippen LogP contribution in [0.4, 0.5) is 13.2 Å². The molecule has 0 radical (unpaired) electrons. The van der Waals surface area contributed by atoms with E-state index < -0.39 is 18.2 Å². The van der Waals surface area contributed by atoms with Crippen LogP contribution in [-0.2, 0) is 16.1 Å². The molecule has 2 rings (SSSR count). The number of carboxylic acids is 1. The fourth-order valence-corrected chi connectivity index (χ4v) is 1.96. The maximum absolute atomic E-state index is 12.0. The summed E-state index contributed by atoms with van der Waals surface area (Å²) >= 11 is 0. The molecule has 1 atom stereocenters. The number of carbonyl (C=O) groups is 3. The summed E-state index contributed by atoms with van der Waals surface area (Å²) in [5.74, 6) is -3.36. The number of amides is 2. The number of halogens is 3. The fraction of sp³-hybridized carbons (Fsp3) is 0.222. The quantitative estimate of drug-likeness (QED) is 0.303. The van der Waals surface area contributed by atoms with E-state index in [0.29, 0.717) is 17.8 Å². The van der Waals surface area contributed by atoms with Crippen molar-refractivity contribution in [1.29, 1.82) is 5.41 Å². The molecule has 0 spiro atoms. The number of benzene rings is 1. The number of H-pyrrole nitrogens is 1. The third-order valence-corrected chi connectivity index (χ3v) is 3.56. The van der Waals surface area contributed by atoms with Crippen LogP contribution in [0.25, 0.3) is 0 Å². The average molecular weight is 427 g/mol. The van der Waals surface area contributed by atoms with Gasteiger partial charge in [-0.05, 0) is 24.6 Å². The van der Waals surface area contributed by atoms with Crippen molar-refractivity contribution in [3.63, 3.8) is 0 Å². The number of hydrogen-bond acceptors (Lipinski definition) is 4. The molecule has 9 nitrogen and oxygen atoms in total. The Kier molecular flexibility index (Phi) is 8.59. The second-order valence-electron chi connectivity index (χ2n) is 5.91. The van der Waals surface area contributed by atoms with E-state index >= 15 is 0 Å². The Morgan fingerprint density at radius 2 is 1.77 bits per heavy atom. The summed E-state index contributed by atoms with van der Waals surface area (Å²) < 4.78 is 31.7.